The van der Waals surface area contributed by atoms with E-state index in [1.54, 1.807) is 16.8 Å². The molecule has 1 aromatic carbocycles. The van der Waals surface area contributed by atoms with Gasteiger partial charge in [0.25, 0.3) is 5.91 Å². The number of benzene rings is 1. The number of sulfonamides is 1. The number of nitrogens with one attached hydrogen (secondary N) is 1. The Morgan fingerprint density at radius 3 is 2.59 bits per heavy atom. The van der Waals surface area contributed by atoms with E-state index in [1.807, 2.05) is 0 Å². The molecule has 4 rings (SSSR count). The molecule has 2 aliphatic rings. The molecule has 0 saturated carbocycles. The van der Waals surface area contributed by atoms with Gasteiger partial charge in [-0.2, -0.15) is 5.10 Å². The van der Waals surface area contributed by atoms with Crippen LogP contribution in [-0.2, 0) is 39.2 Å². The first-order valence-corrected chi connectivity index (χ1v) is 12.7. The van der Waals surface area contributed by atoms with Gasteiger partial charge in [0.2, 0.25) is 10.0 Å². The molecule has 0 bridgehead atoms. The van der Waals surface area contributed by atoms with Crippen LogP contribution in [0, 0.1) is 0 Å². The molecule has 1 saturated heterocycles. The van der Waals surface area contributed by atoms with E-state index in [0.29, 0.717) is 12.1 Å². The quantitative estimate of drug-likeness (QED) is 0.688. The fourth-order valence-corrected chi connectivity index (χ4v) is 6.16. The van der Waals surface area contributed by atoms with E-state index in [2.05, 4.69) is 10.4 Å². The Morgan fingerprint density at radius 1 is 1.24 bits per heavy atom. The minimum absolute atomic E-state index is 0.00284. The van der Waals surface area contributed by atoms with Crippen molar-refractivity contribution in [3.05, 3.63) is 46.8 Å². The summed E-state index contributed by atoms with van der Waals surface area (Å²) in [6.45, 7) is 0.201. The predicted molar refractivity (Wildman–Crippen MR) is 106 cm³/mol. The maximum atomic E-state index is 13.0. The lowest BCUT2D eigenvalue weighted by Crippen LogP contribution is -2.28. The standard InChI is InChI=1S/C18H22N4O5S2/c19-29(26,27)14-6-4-12(5-7-14)10-20-18(23)17-15-2-1-3-16(15)21-22(17)13-8-9-28(24,25)11-13/h4-7,13H,1-3,8-11H2,(H,20,23)(H2,19,26,27)/t13-/m0/s1. The fraction of sp³-hybridized carbons (Fsp3) is 0.444. The first kappa shape index (κ1) is 20.0. The lowest BCUT2D eigenvalue weighted by atomic mass is 10.1. The summed E-state index contributed by atoms with van der Waals surface area (Å²) in [6.07, 6.45) is 2.92. The van der Waals surface area contributed by atoms with Crippen LogP contribution in [0.1, 0.15) is 46.2 Å². The summed E-state index contributed by atoms with van der Waals surface area (Å²) >= 11 is 0. The minimum Gasteiger partial charge on any atom is -0.347 e. The smallest absolute Gasteiger partial charge is 0.270 e. The zero-order valence-electron chi connectivity index (χ0n) is 15.7. The molecule has 1 aliphatic carbocycles. The topological polar surface area (TPSA) is 141 Å². The number of carbonyl (C=O) groups is 1. The van der Waals surface area contributed by atoms with Gasteiger partial charge in [-0.15, -0.1) is 0 Å². The Balaban J connectivity index is 1.54. The monoisotopic (exact) mass is 438 g/mol. The van der Waals surface area contributed by atoms with Gasteiger partial charge in [-0.1, -0.05) is 12.1 Å². The average molecular weight is 439 g/mol. The molecule has 1 fully saturated rings. The number of nitrogens with zero attached hydrogens (tertiary/aromatic N) is 2. The fourth-order valence-electron chi connectivity index (χ4n) is 3.95. The maximum absolute atomic E-state index is 13.0. The number of hydrogen-bond acceptors (Lipinski definition) is 6. The van der Waals surface area contributed by atoms with Crippen molar-refractivity contribution in [1.29, 1.82) is 0 Å². The van der Waals surface area contributed by atoms with Crippen LogP contribution in [0.4, 0.5) is 0 Å². The summed E-state index contributed by atoms with van der Waals surface area (Å²) in [5.74, 6) is -0.192. The minimum atomic E-state index is -3.77. The molecule has 3 N–H and O–H groups in total. The Hall–Kier alpha value is -2.24. The van der Waals surface area contributed by atoms with Gasteiger partial charge in [0.1, 0.15) is 5.69 Å². The van der Waals surface area contributed by atoms with Crippen molar-refractivity contribution in [1.82, 2.24) is 15.1 Å². The second-order valence-corrected chi connectivity index (χ2v) is 11.3. The first-order chi connectivity index (χ1) is 13.6. The van der Waals surface area contributed by atoms with Crippen molar-refractivity contribution < 1.29 is 21.6 Å². The van der Waals surface area contributed by atoms with Gasteiger partial charge < -0.3 is 5.32 Å². The molecular formula is C18H22N4O5S2. The molecule has 1 aliphatic heterocycles. The average Bonchev–Trinajstić information content (AvgIpc) is 3.32. The van der Waals surface area contributed by atoms with Gasteiger partial charge in [-0.3, -0.25) is 9.48 Å². The molecule has 0 radical (unpaired) electrons. The zero-order chi connectivity index (χ0) is 20.8. The van der Waals surface area contributed by atoms with Gasteiger partial charge in [0.15, 0.2) is 9.84 Å². The van der Waals surface area contributed by atoms with Crippen LogP contribution in [0.2, 0.25) is 0 Å². The van der Waals surface area contributed by atoms with Crippen LogP contribution >= 0.6 is 0 Å². The zero-order valence-corrected chi connectivity index (χ0v) is 17.3. The highest BCUT2D eigenvalue weighted by Crippen LogP contribution is 2.31. The van der Waals surface area contributed by atoms with Crippen molar-refractivity contribution in [3.8, 4) is 0 Å². The van der Waals surface area contributed by atoms with E-state index >= 15 is 0 Å². The molecule has 0 unspecified atom stereocenters. The largest absolute Gasteiger partial charge is 0.347 e. The number of carbonyl (C=O) groups excluding carboxylic acids is 1. The maximum Gasteiger partial charge on any atom is 0.270 e. The third kappa shape index (κ3) is 4.07. The van der Waals surface area contributed by atoms with Crippen LogP contribution in [0.5, 0.6) is 0 Å². The number of rotatable bonds is 5. The molecule has 0 spiro atoms. The number of primary sulfonamides is 1. The van der Waals surface area contributed by atoms with Gasteiger partial charge >= 0.3 is 0 Å². The summed E-state index contributed by atoms with van der Waals surface area (Å²) in [7, 11) is -6.87. The van der Waals surface area contributed by atoms with E-state index in [0.717, 1.165) is 36.1 Å². The normalized spacial score (nSPS) is 20.5. The lowest BCUT2D eigenvalue weighted by molar-refractivity contribution is 0.0936. The van der Waals surface area contributed by atoms with Gasteiger partial charge in [0.05, 0.1) is 28.1 Å². The molecule has 1 aromatic heterocycles. The molecule has 29 heavy (non-hydrogen) atoms. The van der Waals surface area contributed by atoms with Crippen LogP contribution in [-0.4, -0.2) is 44.0 Å². The summed E-state index contributed by atoms with van der Waals surface area (Å²) in [4.78, 5) is 13.0. The van der Waals surface area contributed by atoms with Gasteiger partial charge in [-0.25, -0.2) is 22.0 Å². The summed E-state index contributed by atoms with van der Waals surface area (Å²) in [5.41, 5.74) is 2.94. The number of amides is 1. The van der Waals surface area contributed by atoms with Crippen LogP contribution < -0.4 is 10.5 Å². The lowest BCUT2D eigenvalue weighted by Gasteiger charge is -2.15. The molecule has 1 atom stereocenters. The highest BCUT2D eigenvalue weighted by molar-refractivity contribution is 7.91. The third-order valence-corrected chi connectivity index (χ3v) is 8.09. The SMILES string of the molecule is NS(=O)(=O)c1ccc(CNC(=O)c2c3c(nn2[C@H]2CCS(=O)(=O)C2)CCC3)cc1. The van der Waals surface area contributed by atoms with Crippen LogP contribution in [0.25, 0.3) is 0 Å². The van der Waals surface area contributed by atoms with E-state index in [1.165, 1.54) is 12.1 Å². The van der Waals surface area contributed by atoms with Crippen LogP contribution in [0.3, 0.4) is 0 Å². The molecule has 1 amide bonds. The van der Waals surface area contributed by atoms with E-state index in [-0.39, 0.29) is 34.9 Å². The molecule has 2 aromatic rings. The number of hydrogen-bond donors (Lipinski definition) is 2. The molecule has 11 heteroatoms. The number of sulfone groups is 1. The van der Waals surface area contributed by atoms with E-state index in [4.69, 9.17) is 5.14 Å². The second-order valence-electron chi connectivity index (χ2n) is 7.50. The van der Waals surface area contributed by atoms with Crippen molar-refractivity contribution in [2.75, 3.05) is 11.5 Å². The number of aryl methyl sites for hydroxylation is 1. The second kappa shape index (κ2) is 7.22. The molecule has 9 nitrogen and oxygen atoms in total. The van der Waals surface area contributed by atoms with E-state index in [9.17, 15) is 21.6 Å². The Labute approximate surface area is 169 Å². The highest BCUT2D eigenvalue weighted by Gasteiger charge is 2.35. The summed E-state index contributed by atoms with van der Waals surface area (Å²) < 4.78 is 48.1. The molecule has 156 valence electrons. The van der Waals surface area contributed by atoms with Crippen molar-refractivity contribution >= 4 is 25.8 Å². The molecule has 2 heterocycles. The first-order valence-electron chi connectivity index (χ1n) is 9.35. The van der Waals surface area contributed by atoms with Gasteiger partial charge in [0, 0.05) is 12.1 Å². The number of aromatic nitrogens is 2. The summed E-state index contributed by atoms with van der Waals surface area (Å²) in [5, 5.41) is 12.5. The molecular weight excluding hydrogens is 416 g/mol. The Bertz CT molecular complexity index is 1170. The van der Waals surface area contributed by atoms with Crippen LogP contribution in [0.15, 0.2) is 29.2 Å². The summed E-state index contributed by atoms with van der Waals surface area (Å²) in [6, 6.07) is 5.64. The van der Waals surface area contributed by atoms with Crippen molar-refractivity contribution in [2.45, 2.75) is 43.2 Å². The third-order valence-electron chi connectivity index (χ3n) is 5.41. The number of fused-ring (bicyclic) bond motifs is 1. The Morgan fingerprint density at radius 2 is 1.97 bits per heavy atom. The van der Waals surface area contributed by atoms with Gasteiger partial charge in [-0.05, 0) is 43.4 Å². The van der Waals surface area contributed by atoms with Crippen molar-refractivity contribution in [2.24, 2.45) is 5.14 Å². The predicted octanol–water partition coefficient (Wildman–Crippen LogP) is 0.309. The Kier molecular flexibility index (Phi) is 4.99. The highest BCUT2D eigenvalue weighted by atomic mass is 32.2. The number of nitrogens with two attached hydrogens (primary N) is 1. The van der Waals surface area contributed by atoms with Crippen molar-refractivity contribution in [3.63, 3.8) is 0 Å². The van der Waals surface area contributed by atoms with E-state index < -0.39 is 19.9 Å².